The molecule has 2 N–H and O–H groups in total. The predicted octanol–water partition coefficient (Wildman–Crippen LogP) is 3.69. The van der Waals surface area contributed by atoms with Crippen LogP contribution in [0.25, 0.3) is 5.69 Å². The minimum absolute atomic E-state index is 0. The summed E-state index contributed by atoms with van der Waals surface area (Å²) in [6, 6.07) is 10.8. The molecule has 1 aliphatic rings. The molecule has 0 aliphatic heterocycles. The van der Waals surface area contributed by atoms with Gasteiger partial charge in [-0.25, -0.2) is 4.68 Å². The van der Waals surface area contributed by atoms with Crippen LogP contribution in [0, 0.1) is 5.92 Å². The average Bonchev–Trinajstić information content (AvgIpc) is 3.22. The maximum absolute atomic E-state index is 4.89. The van der Waals surface area contributed by atoms with Gasteiger partial charge in [-0.15, -0.1) is 24.0 Å². The number of benzene rings is 1. The van der Waals surface area contributed by atoms with E-state index in [4.69, 9.17) is 5.10 Å². The summed E-state index contributed by atoms with van der Waals surface area (Å²) in [6.45, 7) is 7.30. The number of nitrogens with zero attached hydrogens (tertiary/aromatic N) is 3. The van der Waals surface area contributed by atoms with E-state index >= 15 is 0 Å². The van der Waals surface area contributed by atoms with Gasteiger partial charge in [0.2, 0.25) is 0 Å². The second-order valence-corrected chi connectivity index (χ2v) is 7.08. The summed E-state index contributed by atoms with van der Waals surface area (Å²) in [5.41, 5.74) is 5.05. The lowest BCUT2D eigenvalue weighted by molar-refractivity contribution is 0.480. The number of nitrogens with one attached hydrogen (secondary N) is 2. The zero-order valence-electron chi connectivity index (χ0n) is 16.1. The van der Waals surface area contributed by atoms with E-state index in [-0.39, 0.29) is 24.0 Å². The number of rotatable bonds is 5. The van der Waals surface area contributed by atoms with Crippen LogP contribution in [0.15, 0.2) is 35.3 Å². The number of hydrogen-bond donors (Lipinski definition) is 2. The van der Waals surface area contributed by atoms with Crippen LogP contribution in [0.5, 0.6) is 0 Å². The number of aliphatic imine (C=N–C) groups is 1. The Labute approximate surface area is 173 Å². The van der Waals surface area contributed by atoms with Crippen LogP contribution in [0.3, 0.4) is 0 Å². The van der Waals surface area contributed by atoms with E-state index in [2.05, 4.69) is 65.3 Å². The molecule has 6 heteroatoms. The van der Waals surface area contributed by atoms with Gasteiger partial charge in [0.25, 0.3) is 0 Å². The van der Waals surface area contributed by atoms with Crippen molar-refractivity contribution in [3.63, 3.8) is 0 Å². The molecule has 0 saturated heterocycles. The SMILES string of the molecule is CN=C(NCc1nn(-c2ccccc2)c2c1CCC2)NC(C)C(C)C.I. The van der Waals surface area contributed by atoms with Crippen LogP contribution in [0.4, 0.5) is 0 Å². The van der Waals surface area contributed by atoms with Crippen LogP contribution in [0.2, 0.25) is 0 Å². The molecule has 1 atom stereocenters. The molecule has 5 nitrogen and oxygen atoms in total. The van der Waals surface area contributed by atoms with Gasteiger partial charge in [-0.1, -0.05) is 32.0 Å². The topological polar surface area (TPSA) is 54.2 Å². The molecule has 0 radical (unpaired) electrons. The van der Waals surface area contributed by atoms with Crippen LogP contribution >= 0.6 is 24.0 Å². The van der Waals surface area contributed by atoms with Crippen molar-refractivity contribution in [2.24, 2.45) is 10.9 Å². The highest BCUT2D eigenvalue weighted by Gasteiger charge is 2.23. The molecule has 1 aromatic carbocycles. The van der Waals surface area contributed by atoms with Gasteiger partial charge >= 0.3 is 0 Å². The first-order valence-corrected chi connectivity index (χ1v) is 9.22. The highest BCUT2D eigenvalue weighted by atomic mass is 127. The number of fused-ring (bicyclic) bond motifs is 1. The summed E-state index contributed by atoms with van der Waals surface area (Å²) in [5, 5.41) is 11.8. The van der Waals surface area contributed by atoms with Crippen LogP contribution < -0.4 is 10.6 Å². The summed E-state index contributed by atoms with van der Waals surface area (Å²) < 4.78 is 2.12. The molecule has 0 saturated carbocycles. The normalized spacial score (nSPS) is 14.7. The Hall–Kier alpha value is -1.57. The molecular formula is C20H30IN5. The van der Waals surface area contributed by atoms with Crippen LogP contribution in [-0.2, 0) is 19.4 Å². The number of guanidine groups is 1. The Morgan fingerprint density at radius 1 is 1.19 bits per heavy atom. The molecule has 1 unspecified atom stereocenters. The summed E-state index contributed by atoms with van der Waals surface area (Å²) >= 11 is 0. The minimum Gasteiger partial charge on any atom is -0.354 e. The fourth-order valence-corrected chi connectivity index (χ4v) is 3.18. The molecule has 1 heterocycles. The average molecular weight is 467 g/mol. The first kappa shape index (κ1) is 20.7. The molecule has 142 valence electrons. The number of halogens is 1. The van der Waals surface area contributed by atoms with Crippen molar-refractivity contribution in [3.05, 3.63) is 47.3 Å². The zero-order valence-corrected chi connectivity index (χ0v) is 18.5. The second kappa shape index (κ2) is 9.39. The second-order valence-electron chi connectivity index (χ2n) is 7.08. The van der Waals surface area contributed by atoms with Crippen molar-refractivity contribution in [1.82, 2.24) is 20.4 Å². The van der Waals surface area contributed by atoms with Gasteiger partial charge < -0.3 is 10.6 Å². The lowest BCUT2D eigenvalue weighted by Crippen LogP contribution is -2.44. The van der Waals surface area contributed by atoms with Gasteiger partial charge in [0.15, 0.2) is 5.96 Å². The van der Waals surface area contributed by atoms with Crippen molar-refractivity contribution in [3.8, 4) is 5.69 Å². The van der Waals surface area contributed by atoms with Crippen molar-refractivity contribution >= 4 is 29.9 Å². The third-order valence-electron chi connectivity index (χ3n) is 5.03. The Kier molecular flexibility index (Phi) is 7.49. The lowest BCUT2D eigenvalue weighted by atomic mass is 10.1. The molecule has 2 aromatic rings. The molecule has 0 fully saturated rings. The van der Waals surface area contributed by atoms with E-state index in [0.717, 1.165) is 30.2 Å². The minimum atomic E-state index is 0. The van der Waals surface area contributed by atoms with Crippen LogP contribution in [-0.4, -0.2) is 28.8 Å². The Balaban J connectivity index is 0.00000243. The third-order valence-corrected chi connectivity index (χ3v) is 5.03. The molecule has 1 aromatic heterocycles. The van der Waals surface area contributed by atoms with E-state index in [1.165, 1.54) is 17.7 Å². The van der Waals surface area contributed by atoms with Gasteiger partial charge in [-0.05, 0) is 49.8 Å². The van der Waals surface area contributed by atoms with E-state index < -0.39 is 0 Å². The van der Waals surface area contributed by atoms with Crippen LogP contribution in [0.1, 0.15) is 44.1 Å². The fourth-order valence-electron chi connectivity index (χ4n) is 3.18. The van der Waals surface area contributed by atoms with E-state index in [0.29, 0.717) is 18.5 Å². The smallest absolute Gasteiger partial charge is 0.191 e. The molecule has 3 rings (SSSR count). The van der Waals surface area contributed by atoms with Gasteiger partial charge in [0.1, 0.15) is 0 Å². The molecule has 0 bridgehead atoms. The highest BCUT2D eigenvalue weighted by molar-refractivity contribution is 14.0. The number of para-hydroxylation sites is 1. The summed E-state index contributed by atoms with van der Waals surface area (Å²) in [5.74, 6) is 1.39. The van der Waals surface area contributed by atoms with Gasteiger partial charge in [-0.2, -0.15) is 5.10 Å². The summed E-state index contributed by atoms with van der Waals surface area (Å²) in [6.07, 6.45) is 3.44. The Morgan fingerprint density at radius 3 is 2.58 bits per heavy atom. The number of hydrogen-bond acceptors (Lipinski definition) is 2. The standard InChI is InChI=1S/C20H29N5.HI/c1-14(2)15(3)23-20(21-4)22-13-18-17-11-8-12-19(17)25(24-18)16-9-6-5-7-10-16;/h5-7,9-10,14-15H,8,11-13H2,1-4H3,(H2,21,22,23);1H. The van der Waals surface area contributed by atoms with Gasteiger partial charge in [-0.3, -0.25) is 4.99 Å². The predicted molar refractivity (Wildman–Crippen MR) is 119 cm³/mol. The van der Waals surface area contributed by atoms with Crippen molar-refractivity contribution in [2.75, 3.05) is 7.05 Å². The first-order valence-electron chi connectivity index (χ1n) is 9.22. The van der Waals surface area contributed by atoms with Crippen molar-refractivity contribution in [1.29, 1.82) is 0 Å². The van der Waals surface area contributed by atoms with Crippen molar-refractivity contribution < 1.29 is 0 Å². The Morgan fingerprint density at radius 2 is 1.92 bits per heavy atom. The molecule has 1 aliphatic carbocycles. The summed E-state index contributed by atoms with van der Waals surface area (Å²) in [7, 11) is 1.81. The monoisotopic (exact) mass is 467 g/mol. The van der Waals surface area contributed by atoms with E-state index in [9.17, 15) is 0 Å². The summed E-state index contributed by atoms with van der Waals surface area (Å²) in [4.78, 5) is 4.34. The van der Waals surface area contributed by atoms with Gasteiger partial charge in [0.05, 0.1) is 17.9 Å². The molecule has 0 amide bonds. The maximum Gasteiger partial charge on any atom is 0.191 e. The lowest BCUT2D eigenvalue weighted by Gasteiger charge is -2.20. The third kappa shape index (κ3) is 4.58. The van der Waals surface area contributed by atoms with E-state index in [1.807, 2.05) is 13.1 Å². The van der Waals surface area contributed by atoms with Gasteiger partial charge in [0, 0.05) is 18.8 Å². The fraction of sp³-hybridized carbons (Fsp3) is 0.500. The maximum atomic E-state index is 4.89. The molecule has 26 heavy (non-hydrogen) atoms. The Bertz CT molecular complexity index is 736. The first-order chi connectivity index (χ1) is 12.1. The number of aromatic nitrogens is 2. The van der Waals surface area contributed by atoms with Crippen molar-refractivity contribution in [2.45, 2.75) is 52.6 Å². The largest absolute Gasteiger partial charge is 0.354 e. The quantitative estimate of drug-likeness (QED) is 0.401. The zero-order chi connectivity index (χ0) is 17.8. The van der Waals surface area contributed by atoms with E-state index in [1.54, 1.807) is 0 Å². The molecular weight excluding hydrogens is 437 g/mol. The molecule has 0 spiro atoms. The highest BCUT2D eigenvalue weighted by Crippen LogP contribution is 2.27.